The van der Waals surface area contributed by atoms with Gasteiger partial charge >= 0.3 is 0 Å². The molecule has 0 fully saturated rings. The minimum absolute atomic E-state index is 0.500. The topological polar surface area (TPSA) is 54.4 Å². The first-order chi connectivity index (χ1) is 7.22. The summed E-state index contributed by atoms with van der Waals surface area (Å²) in [5.41, 5.74) is 0. The summed E-state index contributed by atoms with van der Waals surface area (Å²) in [6.45, 7) is 1.89. The molecule has 0 radical (unpaired) electrons. The Balaban J connectivity index is 3.40. The summed E-state index contributed by atoms with van der Waals surface area (Å²) >= 11 is 0. The number of halogens is 2. The SMILES string of the molecule is CC(C)(CO)S(=O)(=O)c1ccc(F)cc1F. The predicted octanol–water partition coefficient (Wildman–Crippen LogP) is 1.51. The molecule has 1 N–H and O–H groups in total. The van der Waals surface area contributed by atoms with Crippen LogP contribution in [0.5, 0.6) is 0 Å². The third kappa shape index (κ3) is 2.08. The molecular weight excluding hydrogens is 238 g/mol. The number of rotatable bonds is 3. The zero-order valence-corrected chi connectivity index (χ0v) is 9.68. The number of aliphatic hydroxyl groups excluding tert-OH is 1. The quantitative estimate of drug-likeness (QED) is 0.827. The molecule has 6 heteroatoms. The number of sulfone groups is 1. The molecule has 0 aromatic heterocycles. The highest BCUT2D eigenvalue weighted by Gasteiger charge is 2.37. The Labute approximate surface area is 92.6 Å². The predicted molar refractivity (Wildman–Crippen MR) is 54.7 cm³/mol. The van der Waals surface area contributed by atoms with Crippen LogP contribution in [0.25, 0.3) is 0 Å². The summed E-state index contributed by atoms with van der Waals surface area (Å²) < 4.78 is 48.2. The fraction of sp³-hybridized carbons (Fsp3) is 0.400. The summed E-state index contributed by atoms with van der Waals surface area (Å²) in [4.78, 5) is -0.604. The molecular formula is C10H12F2O3S. The van der Waals surface area contributed by atoms with Gasteiger partial charge in [0.05, 0.1) is 11.4 Å². The fourth-order valence-corrected chi connectivity index (χ4v) is 2.40. The summed E-state index contributed by atoms with van der Waals surface area (Å²) in [5.74, 6) is -2.00. The van der Waals surface area contributed by atoms with E-state index in [-0.39, 0.29) is 0 Å². The van der Waals surface area contributed by atoms with Crippen molar-refractivity contribution in [3.63, 3.8) is 0 Å². The van der Waals surface area contributed by atoms with Crippen molar-refractivity contribution in [2.45, 2.75) is 23.5 Å². The van der Waals surface area contributed by atoms with Gasteiger partial charge in [-0.1, -0.05) is 0 Å². The average Bonchev–Trinajstić information content (AvgIpc) is 2.16. The van der Waals surface area contributed by atoms with Crippen molar-refractivity contribution in [2.75, 3.05) is 6.61 Å². The second kappa shape index (κ2) is 4.10. The molecule has 0 spiro atoms. The molecule has 0 heterocycles. The molecule has 0 aliphatic heterocycles. The van der Waals surface area contributed by atoms with E-state index in [1.54, 1.807) is 0 Å². The van der Waals surface area contributed by atoms with Crippen molar-refractivity contribution in [1.29, 1.82) is 0 Å². The van der Waals surface area contributed by atoms with E-state index in [1.165, 1.54) is 13.8 Å². The Hall–Kier alpha value is -1.01. The lowest BCUT2D eigenvalue weighted by atomic mass is 10.2. The second-order valence-corrected chi connectivity index (χ2v) is 6.55. The van der Waals surface area contributed by atoms with E-state index in [4.69, 9.17) is 5.11 Å². The molecule has 0 unspecified atom stereocenters. The number of benzene rings is 1. The lowest BCUT2D eigenvalue weighted by Crippen LogP contribution is -2.36. The van der Waals surface area contributed by atoms with Gasteiger partial charge in [0, 0.05) is 6.07 Å². The molecule has 3 nitrogen and oxygen atoms in total. The summed E-state index contributed by atoms with van der Waals surface area (Å²) in [6, 6.07) is 2.22. The number of hydrogen-bond acceptors (Lipinski definition) is 3. The maximum Gasteiger partial charge on any atom is 0.188 e. The highest BCUT2D eigenvalue weighted by Crippen LogP contribution is 2.27. The second-order valence-electron chi connectivity index (χ2n) is 4.00. The van der Waals surface area contributed by atoms with Gasteiger partial charge < -0.3 is 5.11 Å². The van der Waals surface area contributed by atoms with Gasteiger partial charge in [0.15, 0.2) is 9.84 Å². The molecule has 0 atom stereocenters. The Bertz CT molecular complexity index is 495. The standard InChI is InChI=1S/C10H12F2O3S/c1-10(2,6-13)16(14,15)9-4-3-7(11)5-8(9)12/h3-5,13H,6H2,1-2H3. The maximum absolute atomic E-state index is 13.3. The molecule has 0 bridgehead atoms. The molecule has 0 aliphatic carbocycles. The fourth-order valence-electron chi connectivity index (χ4n) is 1.08. The molecule has 1 aromatic carbocycles. The van der Waals surface area contributed by atoms with Crippen LogP contribution in [0.3, 0.4) is 0 Å². The van der Waals surface area contributed by atoms with Gasteiger partial charge in [0.1, 0.15) is 16.5 Å². The first-order valence-corrected chi connectivity index (χ1v) is 6.01. The van der Waals surface area contributed by atoms with Crippen LogP contribution in [0.1, 0.15) is 13.8 Å². The lowest BCUT2D eigenvalue weighted by Gasteiger charge is -2.22. The zero-order valence-electron chi connectivity index (χ0n) is 8.87. The van der Waals surface area contributed by atoms with Crippen molar-refractivity contribution >= 4 is 9.84 Å². The Morgan fingerprint density at radius 1 is 1.31 bits per heavy atom. The minimum Gasteiger partial charge on any atom is -0.395 e. The van der Waals surface area contributed by atoms with E-state index in [1.807, 2.05) is 0 Å². The van der Waals surface area contributed by atoms with E-state index in [9.17, 15) is 17.2 Å². The van der Waals surface area contributed by atoms with Crippen LogP contribution < -0.4 is 0 Å². The highest BCUT2D eigenvalue weighted by atomic mass is 32.2. The van der Waals surface area contributed by atoms with Crippen LogP contribution >= 0.6 is 0 Å². The summed E-state index contributed by atoms with van der Waals surface area (Å²) in [7, 11) is -4.03. The molecule has 90 valence electrons. The molecule has 0 saturated carbocycles. The highest BCUT2D eigenvalue weighted by molar-refractivity contribution is 7.92. The molecule has 16 heavy (non-hydrogen) atoms. The van der Waals surface area contributed by atoms with Gasteiger partial charge in [-0.3, -0.25) is 0 Å². The van der Waals surface area contributed by atoms with Gasteiger partial charge in [0.25, 0.3) is 0 Å². The van der Waals surface area contributed by atoms with Crippen molar-refractivity contribution < 1.29 is 22.3 Å². The smallest absolute Gasteiger partial charge is 0.188 e. The molecule has 1 rings (SSSR count). The van der Waals surface area contributed by atoms with Gasteiger partial charge in [-0.2, -0.15) is 0 Å². The average molecular weight is 250 g/mol. The number of hydrogen-bond donors (Lipinski definition) is 1. The van der Waals surface area contributed by atoms with E-state index in [0.29, 0.717) is 6.07 Å². The third-order valence-electron chi connectivity index (χ3n) is 2.29. The first kappa shape index (κ1) is 13.1. The Morgan fingerprint density at radius 2 is 1.88 bits per heavy atom. The molecule has 0 amide bonds. The van der Waals surface area contributed by atoms with Crippen molar-refractivity contribution in [1.82, 2.24) is 0 Å². The van der Waals surface area contributed by atoms with Gasteiger partial charge in [-0.05, 0) is 26.0 Å². The van der Waals surface area contributed by atoms with E-state index in [0.717, 1.165) is 12.1 Å². The van der Waals surface area contributed by atoms with Crippen LogP contribution in [0.4, 0.5) is 8.78 Å². The van der Waals surface area contributed by atoms with Crippen molar-refractivity contribution in [2.24, 2.45) is 0 Å². The van der Waals surface area contributed by atoms with Crippen LogP contribution in [-0.2, 0) is 9.84 Å². The van der Waals surface area contributed by atoms with E-state index >= 15 is 0 Å². The van der Waals surface area contributed by atoms with Crippen molar-refractivity contribution in [3.05, 3.63) is 29.8 Å². The van der Waals surface area contributed by atoms with Crippen LogP contribution in [0.2, 0.25) is 0 Å². The summed E-state index contributed by atoms with van der Waals surface area (Å²) in [5, 5.41) is 8.96. The van der Waals surface area contributed by atoms with Gasteiger partial charge in [-0.15, -0.1) is 0 Å². The maximum atomic E-state index is 13.3. The van der Waals surface area contributed by atoms with Crippen LogP contribution in [0, 0.1) is 11.6 Å². The van der Waals surface area contributed by atoms with Gasteiger partial charge in [-0.25, -0.2) is 17.2 Å². The Kier molecular flexibility index (Phi) is 3.35. The van der Waals surface area contributed by atoms with Gasteiger partial charge in [0.2, 0.25) is 0 Å². The monoisotopic (exact) mass is 250 g/mol. The largest absolute Gasteiger partial charge is 0.395 e. The van der Waals surface area contributed by atoms with E-state index < -0.39 is 37.7 Å². The minimum atomic E-state index is -4.03. The first-order valence-electron chi connectivity index (χ1n) is 4.53. The summed E-state index contributed by atoms with van der Waals surface area (Å²) in [6.07, 6.45) is 0. The third-order valence-corrected chi connectivity index (χ3v) is 4.79. The van der Waals surface area contributed by atoms with Crippen molar-refractivity contribution in [3.8, 4) is 0 Å². The van der Waals surface area contributed by atoms with E-state index in [2.05, 4.69) is 0 Å². The zero-order chi connectivity index (χ0) is 12.6. The Morgan fingerprint density at radius 3 is 2.31 bits per heavy atom. The number of aliphatic hydroxyl groups is 1. The molecule has 0 aliphatic rings. The normalized spacial score (nSPS) is 12.8. The molecule has 1 aromatic rings. The van der Waals surface area contributed by atoms with Crippen LogP contribution in [0.15, 0.2) is 23.1 Å². The molecule has 0 saturated heterocycles. The van der Waals surface area contributed by atoms with Crippen LogP contribution in [-0.4, -0.2) is 24.9 Å². The lowest BCUT2D eigenvalue weighted by molar-refractivity contribution is 0.258.